The zero-order chi connectivity index (χ0) is 34.0. The van der Waals surface area contributed by atoms with Crippen LogP contribution in [0.5, 0.6) is 11.5 Å². The minimum atomic E-state index is -4.31. The summed E-state index contributed by atoms with van der Waals surface area (Å²) < 4.78 is 40.8. The highest BCUT2D eigenvalue weighted by Crippen LogP contribution is 2.36. The number of sulfonamides is 1. The summed E-state index contributed by atoms with van der Waals surface area (Å²) in [5.41, 5.74) is 2.67. The number of benzene rings is 4. The molecule has 0 bridgehead atoms. The number of hydrogen-bond donors (Lipinski definition) is 1. The Kier molecular flexibility index (Phi) is 12.0. The number of amides is 2. The van der Waals surface area contributed by atoms with Crippen molar-refractivity contribution in [2.24, 2.45) is 0 Å². The van der Waals surface area contributed by atoms with Crippen LogP contribution in [-0.4, -0.2) is 58.0 Å². The van der Waals surface area contributed by atoms with E-state index in [1.807, 2.05) is 81.4 Å². The Bertz CT molecular complexity index is 1730. The van der Waals surface area contributed by atoms with Crippen LogP contribution in [0.25, 0.3) is 0 Å². The lowest BCUT2D eigenvalue weighted by molar-refractivity contribution is -0.140. The summed E-state index contributed by atoms with van der Waals surface area (Å²) in [5, 5.41) is 3.05. The fraction of sp³-hybridized carbons (Fsp3) is 0.297. The molecule has 0 saturated heterocycles. The number of aryl methyl sites for hydroxylation is 1. The van der Waals surface area contributed by atoms with E-state index in [1.54, 1.807) is 24.3 Å². The summed E-state index contributed by atoms with van der Waals surface area (Å²) >= 11 is 0. The van der Waals surface area contributed by atoms with E-state index in [4.69, 9.17) is 9.47 Å². The van der Waals surface area contributed by atoms with Crippen molar-refractivity contribution in [3.63, 3.8) is 0 Å². The second kappa shape index (κ2) is 16.1. The molecular formula is C37H43N3O6S. The quantitative estimate of drug-likeness (QED) is 0.174. The van der Waals surface area contributed by atoms with Gasteiger partial charge < -0.3 is 19.7 Å². The van der Waals surface area contributed by atoms with Crippen molar-refractivity contribution in [2.75, 3.05) is 25.1 Å². The van der Waals surface area contributed by atoms with E-state index in [2.05, 4.69) is 5.32 Å². The van der Waals surface area contributed by atoms with E-state index >= 15 is 0 Å². The standard InChI is InChI=1S/C37H43N3O6S/c1-6-28(3)38-37(42)34(23-29-13-9-7-10-14-29)39(25-30-15-11-8-12-16-30)36(41)26-40(33-24-31(45-4)19-22-35(33)46-5)47(43,44)32-20-17-27(2)18-21-32/h7-22,24,28,34H,6,23,25-26H2,1-5H3,(H,38,42)/t28-,34+/m1/s1. The van der Waals surface area contributed by atoms with E-state index in [0.717, 1.165) is 21.0 Å². The number of nitrogens with zero attached hydrogens (tertiary/aromatic N) is 2. The molecule has 10 heteroatoms. The molecule has 4 aromatic carbocycles. The number of hydrogen-bond acceptors (Lipinski definition) is 6. The molecule has 2 amide bonds. The predicted molar refractivity (Wildman–Crippen MR) is 184 cm³/mol. The van der Waals surface area contributed by atoms with Gasteiger partial charge in [-0.2, -0.15) is 0 Å². The maximum atomic E-state index is 14.7. The molecule has 0 aliphatic heterocycles. The maximum absolute atomic E-state index is 14.7. The molecule has 0 unspecified atom stereocenters. The molecule has 0 aliphatic carbocycles. The van der Waals surface area contributed by atoms with Crippen LogP contribution < -0.4 is 19.1 Å². The highest BCUT2D eigenvalue weighted by atomic mass is 32.2. The summed E-state index contributed by atoms with van der Waals surface area (Å²) in [6.07, 6.45) is 0.934. The predicted octanol–water partition coefficient (Wildman–Crippen LogP) is 5.76. The first-order valence-corrected chi connectivity index (χ1v) is 17.0. The average molecular weight is 658 g/mol. The molecule has 0 aromatic heterocycles. The summed E-state index contributed by atoms with van der Waals surface area (Å²) in [5.74, 6) is -0.262. The van der Waals surface area contributed by atoms with Gasteiger partial charge in [-0.15, -0.1) is 0 Å². The van der Waals surface area contributed by atoms with Crippen LogP contribution in [0.1, 0.15) is 37.0 Å². The third kappa shape index (κ3) is 8.92. The number of rotatable bonds is 15. The van der Waals surface area contributed by atoms with Gasteiger partial charge in [-0.05, 0) is 55.7 Å². The molecule has 4 rings (SSSR count). The average Bonchev–Trinajstić information content (AvgIpc) is 3.09. The lowest BCUT2D eigenvalue weighted by atomic mass is 10.0. The van der Waals surface area contributed by atoms with Gasteiger partial charge in [0, 0.05) is 25.1 Å². The lowest BCUT2D eigenvalue weighted by Gasteiger charge is -2.34. The third-order valence-corrected chi connectivity index (χ3v) is 9.78. The number of methoxy groups -OCH3 is 2. The van der Waals surface area contributed by atoms with Gasteiger partial charge in [-0.3, -0.25) is 13.9 Å². The molecule has 0 saturated carbocycles. The minimum absolute atomic E-state index is 0.00531. The molecule has 9 nitrogen and oxygen atoms in total. The van der Waals surface area contributed by atoms with Crippen molar-refractivity contribution in [1.82, 2.24) is 10.2 Å². The SMILES string of the molecule is CC[C@@H](C)NC(=O)[C@H](Cc1ccccc1)N(Cc1ccccc1)C(=O)CN(c1cc(OC)ccc1OC)S(=O)(=O)c1ccc(C)cc1. The van der Waals surface area contributed by atoms with Crippen LogP contribution in [-0.2, 0) is 32.6 Å². The van der Waals surface area contributed by atoms with Crippen LogP contribution >= 0.6 is 0 Å². The summed E-state index contributed by atoms with van der Waals surface area (Å²) in [6, 6.07) is 28.9. The largest absolute Gasteiger partial charge is 0.497 e. The highest BCUT2D eigenvalue weighted by Gasteiger charge is 2.36. The molecule has 0 heterocycles. The third-order valence-electron chi connectivity index (χ3n) is 8.01. The summed E-state index contributed by atoms with van der Waals surface area (Å²) in [4.78, 5) is 30.1. The van der Waals surface area contributed by atoms with E-state index < -0.39 is 28.5 Å². The Morgan fingerprint density at radius 2 is 1.45 bits per heavy atom. The van der Waals surface area contributed by atoms with Crippen molar-refractivity contribution in [2.45, 2.75) is 57.1 Å². The van der Waals surface area contributed by atoms with Crippen molar-refractivity contribution >= 4 is 27.5 Å². The van der Waals surface area contributed by atoms with Crippen LogP contribution in [0.15, 0.2) is 108 Å². The van der Waals surface area contributed by atoms with Crippen molar-refractivity contribution in [1.29, 1.82) is 0 Å². The number of ether oxygens (including phenoxy) is 2. The van der Waals surface area contributed by atoms with Gasteiger partial charge in [-0.1, -0.05) is 85.3 Å². The van der Waals surface area contributed by atoms with Crippen LogP contribution in [0.2, 0.25) is 0 Å². The Labute approximate surface area is 278 Å². The molecule has 0 spiro atoms. The van der Waals surface area contributed by atoms with Gasteiger partial charge in [0.05, 0.1) is 24.8 Å². The van der Waals surface area contributed by atoms with Crippen molar-refractivity contribution < 1.29 is 27.5 Å². The van der Waals surface area contributed by atoms with Crippen LogP contribution in [0, 0.1) is 6.92 Å². The molecule has 4 aromatic rings. The molecule has 0 aliphatic rings. The molecule has 0 fully saturated rings. The van der Waals surface area contributed by atoms with Gasteiger partial charge in [0.15, 0.2) is 0 Å². The minimum Gasteiger partial charge on any atom is -0.497 e. The monoisotopic (exact) mass is 657 g/mol. The van der Waals surface area contributed by atoms with Gasteiger partial charge >= 0.3 is 0 Å². The first kappa shape index (κ1) is 35.0. The van der Waals surface area contributed by atoms with E-state index in [-0.39, 0.29) is 41.2 Å². The van der Waals surface area contributed by atoms with Gasteiger partial charge in [0.2, 0.25) is 11.8 Å². The van der Waals surface area contributed by atoms with E-state index in [1.165, 1.54) is 37.3 Å². The molecule has 1 N–H and O–H groups in total. The fourth-order valence-corrected chi connectivity index (χ4v) is 6.53. The normalized spacial score (nSPS) is 12.4. The Balaban J connectivity index is 1.86. The van der Waals surface area contributed by atoms with Gasteiger partial charge in [-0.25, -0.2) is 8.42 Å². The zero-order valence-corrected chi connectivity index (χ0v) is 28.4. The second-order valence-corrected chi connectivity index (χ2v) is 13.3. The smallest absolute Gasteiger partial charge is 0.264 e. The van der Waals surface area contributed by atoms with Gasteiger partial charge in [0.1, 0.15) is 24.1 Å². The Hall–Kier alpha value is -4.83. The fourth-order valence-electron chi connectivity index (χ4n) is 5.12. The van der Waals surface area contributed by atoms with Gasteiger partial charge in [0.25, 0.3) is 10.0 Å². The second-order valence-electron chi connectivity index (χ2n) is 11.4. The molecule has 47 heavy (non-hydrogen) atoms. The summed E-state index contributed by atoms with van der Waals surface area (Å²) in [6.45, 7) is 5.22. The molecular weight excluding hydrogens is 614 g/mol. The number of carbonyl (C=O) groups excluding carboxylic acids is 2. The number of carbonyl (C=O) groups is 2. The Morgan fingerprint density at radius 3 is 2.02 bits per heavy atom. The Morgan fingerprint density at radius 1 is 0.830 bits per heavy atom. The lowest BCUT2D eigenvalue weighted by Crippen LogP contribution is -2.54. The zero-order valence-electron chi connectivity index (χ0n) is 27.6. The van der Waals surface area contributed by atoms with E-state index in [0.29, 0.717) is 12.2 Å². The van der Waals surface area contributed by atoms with Crippen molar-refractivity contribution in [3.05, 3.63) is 120 Å². The maximum Gasteiger partial charge on any atom is 0.264 e. The molecule has 248 valence electrons. The van der Waals surface area contributed by atoms with Crippen molar-refractivity contribution in [3.8, 4) is 11.5 Å². The highest BCUT2D eigenvalue weighted by molar-refractivity contribution is 7.92. The molecule has 0 radical (unpaired) electrons. The van der Waals surface area contributed by atoms with E-state index in [9.17, 15) is 18.0 Å². The van der Waals surface area contributed by atoms with Crippen LogP contribution in [0.4, 0.5) is 5.69 Å². The molecule has 2 atom stereocenters. The first-order chi connectivity index (χ1) is 22.6. The topological polar surface area (TPSA) is 105 Å². The van der Waals surface area contributed by atoms with Crippen LogP contribution in [0.3, 0.4) is 0 Å². The first-order valence-electron chi connectivity index (χ1n) is 15.6. The number of anilines is 1. The number of nitrogens with one attached hydrogen (secondary N) is 1. The summed E-state index contributed by atoms with van der Waals surface area (Å²) in [7, 11) is -1.40.